The number of rotatable bonds is 3. The van der Waals surface area contributed by atoms with Gasteiger partial charge in [-0.05, 0) is 41.8 Å². The fourth-order valence-electron chi connectivity index (χ4n) is 2.58. The third kappa shape index (κ3) is 2.36. The molecule has 3 heteroatoms. The second-order valence-corrected chi connectivity index (χ2v) is 4.91. The first-order valence-corrected chi connectivity index (χ1v) is 6.52. The standard InChI is InChI=1S/C16H18N2O/c1-19-15-6-2-12(3-7-15)11-18-9-8-13-4-5-14(17)10-16(13)18/h2-7,10H,8-9,11,17H2,1H3. The van der Waals surface area contributed by atoms with Crippen LogP contribution in [0.2, 0.25) is 0 Å². The van der Waals surface area contributed by atoms with E-state index in [0.717, 1.165) is 30.9 Å². The second kappa shape index (κ2) is 4.84. The minimum absolute atomic E-state index is 0.834. The van der Waals surface area contributed by atoms with E-state index in [1.54, 1.807) is 7.11 Å². The lowest BCUT2D eigenvalue weighted by atomic mass is 10.1. The first kappa shape index (κ1) is 11.9. The summed E-state index contributed by atoms with van der Waals surface area (Å²) in [7, 11) is 1.69. The fourth-order valence-corrected chi connectivity index (χ4v) is 2.58. The average Bonchev–Trinajstić information content (AvgIpc) is 2.82. The van der Waals surface area contributed by atoms with E-state index < -0.39 is 0 Å². The molecule has 2 aromatic carbocycles. The van der Waals surface area contributed by atoms with Gasteiger partial charge in [-0.2, -0.15) is 0 Å². The van der Waals surface area contributed by atoms with Crippen molar-refractivity contribution in [3.63, 3.8) is 0 Å². The number of nitrogens with zero attached hydrogens (tertiary/aromatic N) is 1. The average molecular weight is 254 g/mol. The Morgan fingerprint density at radius 2 is 1.95 bits per heavy atom. The highest BCUT2D eigenvalue weighted by atomic mass is 16.5. The molecule has 19 heavy (non-hydrogen) atoms. The molecule has 3 rings (SSSR count). The van der Waals surface area contributed by atoms with Gasteiger partial charge in [0.25, 0.3) is 0 Å². The molecule has 2 N–H and O–H groups in total. The largest absolute Gasteiger partial charge is 0.497 e. The van der Waals surface area contributed by atoms with Gasteiger partial charge >= 0.3 is 0 Å². The lowest BCUT2D eigenvalue weighted by molar-refractivity contribution is 0.414. The van der Waals surface area contributed by atoms with Gasteiger partial charge in [-0.15, -0.1) is 0 Å². The van der Waals surface area contributed by atoms with Gasteiger partial charge in [-0.1, -0.05) is 18.2 Å². The number of nitrogen functional groups attached to an aromatic ring is 1. The molecule has 0 radical (unpaired) electrons. The lowest BCUT2D eigenvalue weighted by Crippen LogP contribution is -2.19. The van der Waals surface area contributed by atoms with Crippen molar-refractivity contribution in [1.82, 2.24) is 0 Å². The summed E-state index contributed by atoms with van der Waals surface area (Å²) in [5, 5.41) is 0. The fraction of sp³-hybridized carbons (Fsp3) is 0.250. The van der Waals surface area contributed by atoms with Crippen LogP contribution in [0, 0.1) is 0 Å². The van der Waals surface area contributed by atoms with Crippen molar-refractivity contribution in [2.75, 3.05) is 24.3 Å². The van der Waals surface area contributed by atoms with Gasteiger partial charge < -0.3 is 15.4 Å². The quantitative estimate of drug-likeness (QED) is 0.856. The molecular weight excluding hydrogens is 236 g/mol. The van der Waals surface area contributed by atoms with E-state index in [2.05, 4.69) is 29.2 Å². The van der Waals surface area contributed by atoms with Crippen LogP contribution in [0.3, 0.4) is 0 Å². The molecule has 0 amide bonds. The van der Waals surface area contributed by atoms with Gasteiger partial charge in [0.2, 0.25) is 0 Å². The van der Waals surface area contributed by atoms with Crippen LogP contribution in [-0.4, -0.2) is 13.7 Å². The van der Waals surface area contributed by atoms with Crippen LogP contribution in [0.5, 0.6) is 5.75 Å². The van der Waals surface area contributed by atoms with Gasteiger partial charge in [0, 0.05) is 24.5 Å². The van der Waals surface area contributed by atoms with E-state index in [-0.39, 0.29) is 0 Å². The Morgan fingerprint density at radius 3 is 2.68 bits per heavy atom. The Labute approximate surface area is 113 Å². The summed E-state index contributed by atoms with van der Waals surface area (Å²) in [5.41, 5.74) is 10.7. The van der Waals surface area contributed by atoms with E-state index in [1.165, 1.54) is 16.8 Å². The normalized spacial score (nSPS) is 13.4. The van der Waals surface area contributed by atoms with Crippen LogP contribution < -0.4 is 15.4 Å². The molecule has 0 fully saturated rings. The molecule has 0 spiro atoms. The second-order valence-electron chi connectivity index (χ2n) is 4.91. The summed E-state index contributed by atoms with van der Waals surface area (Å²) < 4.78 is 5.18. The number of hydrogen-bond acceptors (Lipinski definition) is 3. The Morgan fingerprint density at radius 1 is 1.16 bits per heavy atom. The zero-order chi connectivity index (χ0) is 13.2. The number of anilines is 2. The molecule has 0 aromatic heterocycles. The third-order valence-electron chi connectivity index (χ3n) is 3.63. The van der Waals surface area contributed by atoms with E-state index >= 15 is 0 Å². The molecule has 98 valence electrons. The van der Waals surface area contributed by atoms with Crippen LogP contribution >= 0.6 is 0 Å². The number of ether oxygens (including phenoxy) is 1. The highest BCUT2D eigenvalue weighted by Gasteiger charge is 2.18. The Balaban J connectivity index is 1.80. The van der Waals surface area contributed by atoms with Gasteiger partial charge in [0.1, 0.15) is 5.75 Å². The van der Waals surface area contributed by atoms with Crippen molar-refractivity contribution in [3.8, 4) is 5.75 Å². The van der Waals surface area contributed by atoms with Gasteiger partial charge in [0.05, 0.1) is 7.11 Å². The Hall–Kier alpha value is -2.16. The molecule has 2 aromatic rings. The molecule has 0 saturated heterocycles. The molecule has 1 heterocycles. The predicted octanol–water partition coefficient (Wildman–Crippen LogP) is 2.84. The summed E-state index contributed by atoms with van der Waals surface area (Å²) in [4.78, 5) is 2.38. The summed E-state index contributed by atoms with van der Waals surface area (Å²) in [6, 6.07) is 14.4. The maximum atomic E-state index is 5.88. The maximum absolute atomic E-state index is 5.88. The van der Waals surface area contributed by atoms with Gasteiger partial charge in [-0.25, -0.2) is 0 Å². The zero-order valence-corrected chi connectivity index (χ0v) is 11.1. The molecule has 1 aliphatic rings. The monoisotopic (exact) mass is 254 g/mol. The van der Waals surface area contributed by atoms with Crippen LogP contribution in [-0.2, 0) is 13.0 Å². The summed E-state index contributed by atoms with van der Waals surface area (Å²) in [6.07, 6.45) is 1.10. The first-order valence-electron chi connectivity index (χ1n) is 6.52. The topological polar surface area (TPSA) is 38.5 Å². The van der Waals surface area contributed by atoms with Gasteiger partial charge in [0.15, 0.2) is 0 Å². The highest BCUT2D eigenvalue weighted by molar-refractivity contribution is 5.64. The Kier molecular flexibility index (Phi) is 3.03. The number of nitrogens with two attached hydrogens (primary N) is 1. The van der Waals surface area contributed by atoms with Crippen molar-refractivity contribution in [2.24, 2.45) is 0 Å². The number of fused-ring (bicyclic) bond motifs is 1. The molecule has 1 aliphatic heterocycles. The highest BCUT2D eigenvalue weighted by Crippen LogP contribution is 2.31. The smallest absolute Gasteiger partial charge is 0.118 e. The lowest BCUT2D eigenvalue weighted by Gasteiger charge is -2.20. The van der Waals surface area contributed by atoms with Crippen molar-refractivity contribution in [3.05, 3.63) is 53.6 Å². The van der Waals surface area contributed by atoms with Crippen molar-refractivity contribution < 1.29 is 4.74 Å². The van der Waals surface area contributed by atoms with Crippen LogP contribution in [0.15, 0.2) is 42.5 Å². The van der Waals surface area contributed by atoms with Crippen molar-refractivity contribution in [1.29, 1.82) is 0 Å². The van der Waals surface area contributed by atoms with E-state index in [4.69, 9.17) is 10.5 Å². The zero-order valence-electron chi connectivity index (χ0n) is 11.1. The Bertz CT molecular complexity index is 578. The number of methoxy groups -OCH3 is 1. The molecular formula is C16H18N2O. The summed E-state index contributed by atoms with van der Waals surface area (Å²) in [6.45, 7) is 1.98. The molecule has 3 nitrogen and oxygen atoms in total. The van der Waals surface area contributed by atoms with Crippen molar-refractivity contribution >= 4 is 11.4 Å². The van der Waals surface area contributed by atoms with E-state index in [0.29, 0.717) is 0 Å². The van der Waals surface area contributed by atoms with E-state index in [9.17, 15) is 0 Å². The predicted molar refractivity (Wildman–Crippen MR) is 78.6 cm³/mol. The third-order valence-corrected chi connectivity index (χ3v) is 3.63. The van der Waals surface area contributed by atoms with Crippen LogP contribution in [0.25, 0.3) is 0 Å². The van der Waals surface area contributed by atoms with Crippen LogP contribution in [0.4, 0.5) is 11.4 Å². The number of hydrogen-bond donors (Lipinski definition) is 1. The van der Waals surface area contributed by atoms with Crippen molar-refractivity contribution in [2.45, 2.75) is 13.0 Å². The minimum atomic E-state index is 0.834. The molecule has 0 atom stereocenters. The van der Waals surface area contributed by atoms with E-state index in [1.807, 2.05) is 18.2 Å². The van der Waals surface area contributed by atoms with Gasteiger partial charge in [-0.3, -0.25) is 0 Å². The minimum Gasteiger partial charge on any atom is -0.497 e. The SMILES string of the molecule is COc1ccc(CN2CCc3ccc(N)cc32)cc1. The molecule has 0 unspecified atom stereocenters. The molecule has 0 saturated carbocycles. The molecule has 0 bridgehead atoms. The number of benzene rings is 2. The molecule has 0 aliphatic carbocycles. The first-order chi connectivity index (χ1) is 9.26. The summed E-state index contributed by atoms with van der Waals surface area (Å²) >= 11 is 0. The van der Waals surface area contributed by atoms with Crippen LogP contribution in [0.1, 0.15) is 11.1 Å². The summed E-state index contributed by atoms with van der Waals surface area (Å²) in [5.74, 6) is 0.898. The maximum Gasteiger partial charge on any atom is 0.118 e.